The molecule has 0 unspecified atom stereocenters. The molecule has 0 saturated carbocycles. The first-order chi connectivity index (χ1) is 13.1. The lowest BCUT2D eigenvalue weighted by atomic mass is 10.1. The van der Waals surface area contributed by atoms with E-state index in [4.69, 9.17) is 9.47 Å². The number of aryl methyl sites for hydroxylation is 2. The fraction of sp³-hybridized carbons (Fsp3) is 0.174. The molecule has 0 radical (unpaired) electrons. The molecule has 0 bridgehead atoms. The molecule has 4 nitrogen and oxygen atoms in total. The van der Waals surface area contributed by atoms with Crippen LogP contribution in [0.1, 0.15) is 17.5 Å². The van der Waals surface area contributed by atoms with Crippen molar-refractivity contribution in [1.29, 1.82) is 0 Å². The summed E-state index contributed by atoms with van der Waals surface area (Å²) in [6.07, 6.45) is 1.11. The molecule has 27 heavy (non-hydrogen) atoms. The van der Waals surface area contributed by atoms with Crippen molar-refractivity contribution in [2.45, 2.75) is 19.8 Å². The second kappa shape index (κ2) is 8.90. The number of amides is 1. The van der Waals surface area contributed by atoms with Gasteiger partial charge in [0.2, 0.25) is 5.91 Å². The van der Waals surface area contributed by atoms with Crippen molar-refractivity contribution in [3.05, 3.63) is 83.9 Å². The average Bonchev–Trinajstić information content (AvgIpc) is 2.69. The summed E-state index contributed by atoms with van der Waals surface area (Å²) in [5, 5.41) is 2.92. The quantitative estimate of drug-likeness (QED) is 0.616. The molecule has 0 aromatic heterocycles. The zero-order valence-electron chi connectivity index (χ0n) is 15.6. The van der Waals surface area contributed by atoms with Gasteiger partial charge in [-0.05, 0) is 66.9 Å². The van der Waals surface area contributed by atoms with E-state index in [2.05, 4.69) is 11.4 Å². The van der Waals surface area contributed by atoms with Gasteiger partial charge < -0.3 is 14.8 Å². The summed E-state index contributed by atoms with van der Waals surface area (Å²) in [6, 6.07) is 22.9. The molecule has 0 heterocycles. The molecule has 4 heteroatoms. The average molecular weight is 361 g/mol. The Labute approximate surface area is 159 Å². The lowest BCUT2D eigenvalue weighted by Crippen LogP contribution is -2.12. The number of carbonyl (C=O) groups is 1. The molecule has 0 spiro atoms. The van der Waals surface area contributed by atoms with Crippen molar-refractivity contribution < 1.29 is 14.3 Å². The molecule has 0 aliphatic rings. The van der Waals surface area contributed by atoms with E-state index in [1.807, 2.05) is 73.7 Å². The Kier molecular flexibility index (Phi) is 6.10. The fourth-order valence-electron chi connectivity index (χ4n) is 2.81. The third-order valence-electron chi connectivity index (χ3n) is 4.22. The van der Waals surface area contributed by atoms with E-state index >= 15 is 0 Å². The lowest BCUT2D eigenvalue weighted by Gasteiger charge is -2.09. The van der Waals surface area contributed by atoms with Gasteiger partial charge in [0.25, 0.3) is 0 Å². The summed E-state index contributed by atoms with van der Waals surface area (Å²) >= 11 is 0. The van der Waals surface area contributed by atoms with Gasteiger partial charge in [0.05, 0.1) is 7.11 Å². The van der Waals surface area contributed by atoms with Crippen molar-refractivity contribution in [1.82, 2.24) is 0 Å². The highest BCUT2D eigenvalue weighted by Gasteiger charge is 2.06. The fourth-order valence-corrected chi connectivity index (χ4v) is 2.81. The van der Waals surface area contributed by atoms with Gasteiger partial charge in [0.1, 0.15) is 17.2 Å². The van der Waals surface area contributed by atoms with E-state index in [1.54, 1.807) is 7.11 Å². The van der Waals surface area contributed by atoms with Crippen LogP contribution in [-0.4, -0.2) is 13.0 Å². The van der Waals surface area contributed by atoms with E-state index < -0.39 is 0 Å². The maximum Gasteiger partial charge on any atom is 0.224 e. The van der Waals surface area contributed by atoms with E-state index in [-0.39, 0.29) is 5.91 Å². The highest BCUT2D eigenvalue weighted by molar-refractivity contribution is 5.90. The first kappa shape index (κ1) is 18.5. The summed E-state index contributed by atoms with van der Waals surface area (Å²) in [5.74, 6) is 2.36. The van der Waals surface area contributed by atoms with Gasteiger partial charge in [0.15, 0.2) is 0 Å². The van der Waals surface area contributed by atoms with E-state index in [9.17, 15) is 4.79 Å². The van der Waals surface area contributed by atoms with Crippen molar-refractivity contribution >= 4 is 11.6 Å². The zero-order chi connectivity index (χ0) is 19.1. The van der Waals surface area contributed by atoms with Gasteiger partial charge in [0, 0.05) is 12.1 Å². The minimum absolute atomic E-state index is 0.0137. The SMILES string of the molecule is COc1ccc(CCC(=O)Nc2ccc(Oc3ccccc3)cc2)cc1C. The molecule has 0 saturated heterocycles. The number of hydrogen-bond donors (Lipinski definition) is 1. The smallest absolute Gasteiger partial charge is 0.224 e. The van der Waals surface area contributed by atoms with Crippen LogP contribution in [0.5, 0.6) is 17.2 Å². The number of ether oxygens (including phenoxy) is 2. The maximum atomic E-state index is 12.2. The molecule has 0 atom stereocenters. The molecule has 0 aliphatic heterocycles. The number of rotatable bonds is 7. The number of nitrogens with one attached hydrogen (secondary N) is 1. The Balaban J connectivity index is 1.51. The number of hydrogen-bond acceptors (Lipinski definition) is 3. The Morgan fingerprint density at radius 3 is 2.30 bits per heavy atom. The molecule has 1 amide bonds. The summed E-state index contributed by atoms with van der Waals surface area (Å²) < 4.78 is 11.0. The number of carbonyl (C=O) groups excluding carboxylic acids is 1. The van der Waals surface area contributed by atoms with Crippen LogP contribution in [0.15, 0.2) is 72.8 Å². The maximum absolute atomic E-state index is 12.2. The van der Waals surface area contributed by atoms with Crippen LogP contribution in [0.3, 0.4) is 0 Å². The van der Waals surface area contributed by atoms with Crippen molar-refractivity contribution in [3.63, 3.8) is 0 Å². The number of anilines is 1. The minimum Gasteiger partial charge on any atom is -0.496 e. The predicted molar refractivity (Wildman–Crippen MR) is 108 cm³/mol. The molecule has 138 valence electrons. The number of benzene rings is 3. The van der Waals surface area contributed by atoms with Crippen LogP contribution in [0.25, 0.3) is 0 Å². The lowest BCUT2D eigenvalue weighted by molar-refractivity contribution is -0.116. The van der Waals surface area contributed by atoms with Crippen molar-refractivity contribution in [2.75, 3.05) is 12.4 Å². The monoisotopic (exact) mass is 361 g/mol. The third kappa shape index (κ3) is 5.35. The topological polar surface area (TPSA) is 47.6 Å². The van der Waals surface area contributed by atoms with Crippen LogP contribution in [0.2, 0.25) is 0 Å². The Hall–Kier alpha value is -3.27. The summed E-state index contributed by atoms with van der Waals surface area (Å²) in [6.45, 7) is 2.00. The molecular weight excluding hydrogens is 338 g/mol. The standard InChI is InChI=1S/C23H23NO3/c1-17-16-18(8-14-22(17)26-2)9-15-23(25)24-19-10-12-21(13-11-19)27-20-6-4-3-5-7-20/h3-8,10-14,16H,9,15H2,1-2H3,(H,24,25). The highest BCUT2D eigenvalue weighted by Crippen LogP contribution is 2.23. The summed E-state index contributed by atoms with van der Waals surface area (Å²) in [4.78, 5) is 12.2. The van der Waals surface area contributed by atoms with Gasteiger partial charge in [-0.2, -0.15) is 0 Å². The Bertz CT molecular complexity index is 889. The predicted octanol–water partition coefficient (Wildman–Crippen LogP) is 5.37. The molecule has 3 aromatic carbocycles. The second-order valence-electron chi connectivity index (χ2n) is 6.29. The van der Waals surface area contributed by atoms with Crippen molar-refractivity contribution in [2.24, 2.45) is 0 Å². The van der Waals surface area contributed by atoms with Gasteiger partial charge >= 0.3 is 0 Å². The molecule has 1 N–H and O–H groups in total. The van der Waals surface area contributed by atoms with Crippen LogP contribution in [0.4, 0.5) is 5.69 Å². The number of methoxy groups -OCH3 is 1. The van der Waals surface area contributed by atoms with Gasteiger partial charge in [-0.1, -0.05) is 30.3 Å². The molecule has 0 fully saturated rings. The first-order valence-corrected chi connectivity index (χ1v) is 8.90. The molecule has 0 aliphatic carbocycles. The molecule has 3 rings (SSSR count). The van der Waals surface area contributed by atoms with Crippen LogP contribution < -0.4 is 14.8 Å². The third-order valence-corrected chi connectivity index (χ3v) is 4.22. The molecule has 3 aromatic rings. The van der Waals surface area contributed by atoms with Crippen LogP contribution >= 0.6 is 0 Å². The second-order valence-corrected chi connectivity index (χ2v) is 6.29. The normalized spacial score (nSPS) is 10.3. The van der Waals surface area contributed by atoms with Gasteiger partial charge in [-0.15, -0.1) is 0 Å². The summed E-state index contributed by atoms with van der Waals surface area (Å²) in [5.41, 5.74) is 2.95. The number of para-hydroxylation sites is 1. The largest absolute Gasteiger partial charge is 0.496 e. The van der Waals surface area contributed by atoms with E-state index in [0.29, 0.717) is 12.8 Å². The Morgan fingerprint density at radius 2 is 1.63 bits per heavy atom. The van der Waals surface area contributed by atoms with Crippen LogP contribution in [0, 0.1) is 6.92 Å². The Morgan fingerprint density at radius 1 is 0.926 bits per heavy atom. The summed E-state index contributed by atoms with van der Waals surface area (Å²) in [7, 11) is 1.66. The van der Waals surface area contributed by atoms with E-state index in [0.717, 1.165) is 34.1 Å². The first-order valence-electron chi connectivity index (χ1n) is 8.90. The molecular formula is C23H23NO3. The highest BCUT2D eigenvalue weighted by atomic mass is 16.5. The minimum atomic E-state index is -0.0137. The van der Waals surface area contributed by atoms with Gasteiger partial charge in [-0.3, -0.25) is 4.79 Å². The van der Waals surface area contributed by atoms with Crippen molar-refractivity contribution in [3.8, 4) is 17.2 Å². The van der Waals surface area contributed by atoms with Crippen LogP contribution in [-0.2, 0) is 11.2 Å². The van der Waals surface area contributed by atoms with Gasteiger partial charge in [-0.25, -0.2) is 0 Å². The van der Waals surface area contributed by atoms with E-state index in [1.165, 1.54) is 0 Å². The zero-order valence-corrected chi connectivity index (χ0v) is 15.6.